The van der Waals surface area contributed by atoms with Crippen LogP contribution in [0.4, 0.5) is 13.2 Å². The van der Waals surface area contributed by atoms with E-state index in [-0.39, 0.29) is 5.75 Å². The first kappa shape index (κ1) is 16.8. The zero-order valence-electron chi connectivity index (χ0n) is 12.0. The summed E-state index contributed by atoms with van der Waals surface area (Å²) in [5.74, 6) is -0.328. The normalized spacial score (nSPS) is 16.9. The molecule has 20 heavy (non-hydrogen) atoms. The average molecular weight is 291 g/mol. The van der Waals surface area contributed by atoms with Gasteiger partial charge in [-0.2, -0.15) is 0 Å². The number of benzene rings is 1. The minimum Gasteiger partial charge on any atom is -0.406 e. The van der Waals surface area contributed by atoms with E-state index in [0.29, 0.717) is 12.0 Å². The smallest absolute Gasteiger partial charge is 0.406 e. The summed E-state index contributed by atoms with van der Waals surface area (Å²) in [6.45, 7) is 3.77. The fourth-order valence-corrected chi connectivity index (χ4v) is 1.99. The Morgan fingerprint density at radius 3 is 2.35 bits per heavy atom. The molecule has 0 radical (unpaired) electrons. The standard InChI is InChI=1S/C14H20F3NO2/c1-5-13(2,18(3)4)12(19)10-7-6-8-11(9-10)20-14(15,16)17/h6-9,12,19H,5H2,1-4H3. The van der Waals surface area contributed by atoms with Crippen LogP contribution in [0.15, 0.2) is 24.3 Å². The topological polar surface area (TPSA) is 32.7 Å². The second-order valence-corrected chi connectivity index (χ2v) is 5.13. The molecule has 0 bridgehead atoms. The first-order chi connectivity index (χ1) is 9.10. The predicted octanol–water partition coefficient (Wildman–Crippen LogP) is 3.35. The number of halogens is 3. The van der Waals surface area contributed by atoms with Crippen molar-refractivity contribution < 1.29 is 23.0 Å². The lowest BCUT2D eigenvalue weighted by Crippen LogP contribution is -2.46. The number of hydrogen-bond acceptors (Lipinski definition) is 3. The molecule has 0 amide bonds. The van der Waals surface area contributed by atoms with Gasteiger partial charge >= 0.3 is 6.36 Å². The first-order valence-corrected chi connectivity index (χ1v) is 6.31. The molecule has 1 aromatic rings. The number of hydrogen-bond donors (Lipinski definition) is 1. The van der Waals surface area contributed by atoms with Crippen molar-refractivity contribution in [3.63, 3.8) is 0 Å². The summed E-state index contributed by atoms with van der Waals surface area (Å²) in [4.78, 5) is 1.86. The largest absolute Gasteiger partial charge is 0.573 e. The van der Waals surface area contributed by atoms with E-state index in [4.69, 9.17) is 0 Å². The van der Waals surface area contributed by atoms with Crippen molar-refractivity contribution in [1.82, 2.24) is 4.90 Å². The van der Waals surface area contributed by atoms with Crippen LogP contribution in [0.5, 0.6) is 5.75 Å². The van der Waals surface area contributed by atoms with Crippen LogP contribution < -0.4 is 4.74 Å². The van der Waals surface area contributed by atoms with Gasteiger partial charge in [0.05, 0.1) is 6.10 Å². The summed E-state index contributed by atoms with van der Waals surface area (Å²) >= 11 is 0. The zero-order valence-corrected chi connectivity index (χ0v) is 12.0. The molecule has 0 saturated heterocycles. The van der Waals surface area contributed by atoms with E-state index in [2.05, 4.69) is 4.74 Å². The molecule has 0 aliphatic heterocycles. The van der Waals surface area contributed by atoms with Crippen LogP contribution in [0.25, 0.3) is 0 Å². The van der Waals surface area contributed by atoms with Crippen LogP contribution in [-0.4, -0.2) is 36.0 Å². The van der Waals surface area contributed by atoms with Gasteiger partial charge in [0, 0.05) is 5.54 Å². The molecule has 0 spiro atoms. The van der Waals surface area contributed by atoms with Gasteiger partial charge in [0.25, 0.3) is 0 Å². The maximum Gasteiger partial charge on any atom is 0.573 e. The van der Waals surface area contributed by atoms with Gasteiger partial charge in [-0.25, -0.2) is 0 Å². The van der Waals surface area contributed by atoms with Crippen molar-refractivity contribution in [2.45, 2.75) is 38.3 Å². The third kappa shape index (κ3) is 3.86. The monoisotopic (exact) mass is 291 g/mol. The van der Waals surface area contributed by atoms with Crippen LogP contribution in [-0.2, 0) is 0 Å². The fourth-order valence-electron chi connectivity index (χ4n) is 1.99. The molecule has 0 aliphatic rings. The number of nitrogens with zero attached hydrogens (tertiary/aromatic N) is 1. The lowest BCUT2D eigenvalue weighted by atomic mass is 9.86. The Morgan fingerprint density at radius 2 is 1.90 bits per heavy atom. The van der Waals surface area contributed by atoms with Crippen molar-refractivity contribution in [3.8, 4) is 5.75 Å². The Morgan fingerprint density at radius 1 is 1.30 bits per heavy atom. The van der Waals surface area contributed by atoms with E-state index in [1.165, 1.54) is 18.2 Å². The number of aliphatic hydroxyl groups is 1. The number of ether oxygens (including phenoxy) is 1. The third-order valence-corrected chi connectivity index (χ3v) is 3.73. The molecule has 6 heteroatoms. The molecule has 3 nitrogen and oxygen atoms in total. The molecule has 0 fully saturated rings. The summed E-state index contributed by atoms with van der Waals surface area (Å²) in [5.41, 5.74) is -0.179. The lowest BCUT2D eigenvalue weighted by Gasteiger charge is -2.40. The quantitative estimate of drug-likeness (QED) is 0.903. The molecule has 0 aliphatic carbocycles. The second kappa shape index (κ2) is 6.01. The Kier molecular flexibility index (Phi) is 5.05. The predicted molar refractivity (Wildman–Crippen MR) is 70.5 cm³/mol. The molecule has 1 rings (SSSR count). The molecule has 2 atom stereocenters. The highest BCUT2D eigenvalue weighted by Gasteiger charge is 2.35. The highest BCUT2D eigenvalue weighted by atomic mass is 19.4. The van der Waals surface area contributed by atoms with Crippen LogP contribution in [0.3, 0.4) is 0 Å². The molecule has 0 heterocycles. The number of aliphatic hydroxyl groups excluding tert-OH is 1. The summed E-state index contributed by atoms with van der Waals surface area (Å²) in [6, 6.07) is 5.45. The molecular weight excluding hydrogens is 271 g/mol. The molecule has 0 aromatic heterocycles. The van der Waals surface area contributed by atoms with Gasteiger partial charge in [-0.1, -0.05) is 19.1 Å². The van der Waals surface area contributed by atoms with Gasteiger partial charge in [0.1, 0.15) is 5.75 Å². The molecule has 114 valence electrons. The van der Waals surface area contributed by atoms with E-state index < -0.39 is 18.0 Å². The molecule has 1 N–H and O–H groups in total. The van der Waals surface area contributed by atoms with Crippen molar-refractivity contribution >= 4 is 0 Å². The van der Waals surface area contributed by atoms with Gasteiger partial charge in [-0.15, -0.1) is 13.2 Å². The van der Waals surface area contributed by atoms with Gasteiger partial charge in [-0.05, 0) is 45.1 Å². The number of likely N-dealkylation sites (N-methyl/N-ethyl adjacent to an activating group) is 1. The number of rotatable bonds is 5. The van der Waals surface area contributed by atoms with Crippen LogP contribution in [0.2, 0.25) is 0 Å². The first-order valence-electron chi connectivity index (χ1n) is 6.31. The van der Waals surface area contributed by atoms with Crippen LogP contribution in [0, 0.1) is 0 Å². The van der Waals surface area contributed by atoms with E-state index in [0.717, 1.165) is 0 Å². The maximum absolute atomic E-state index is 12.2. The van der Waals surface area contributed by atoms with Gasteiger partial charge in [0.2, 0.25) is 0 Å². The van der Waals surface area contributed by atoms with E-state index in [1.807, 2.05) is 32.8 Å². The Hall–Kier alpha value is -1.27. The van der Waals surface area contributed by atoms with E-state index >= 15 is 0 Å². The van der Waals surface area contributed by atoms with E-state index in [1.54, 1.807) is 6.07 Å². The minimum atomic E-state index is -4.74. The Balaban J connectivity index is 3.05. The van der Waals surface area contributed by atoms with E-state index in [9.17, 15) is 18.3 Å². The Labute approximate surface area is 117 Å². The Bertz CT molecular complexity index is 448. The zero-order chi connectivity index (χ0) is 15.6. The highest BCUT2D eigenvalue weighted by Crippen LogP contribution is 2.34. The van der Waals surface area contributed by atoms with Crippen molar-refractivity contribution in [2.24, 2.45) is 0 Å². The molecule has 1 aromatic carbocycles. The summed E-state index contributed by atoms with van der Waals surface area (Å²) in [5, 5.41) is 10.5. The SMILES string of the molecule is CCC(C)(C(O)c1cccc(OC(F)(F)F)c1)N(C)C. The van der Waals surface area contributed by atoms with Crippen molar-refractivity contribution in [3.05, 3.63) is 29.8 Å². The maximum atomic E-state index is 12.2. The van der Waals surface area contributed by atoms with Gasteiger partial charge < -0.3 is 14.7 Å². The van der Waals surface area contributed by atoms with Gasteiger partial charge in [-0.3, -0.25) is 0 Å². The van der Waals surface area contributed by atoms with Crippen molar-refractivity contribution in [1.29, 1.82) is 0 Å². The van der Waals surface area contributed by atoms with Crippen LogP contribution in [0.1, 0.15) is 31.9 Å². The summed E-state index contributed by atoms with van der Waals surface area (Å²) in [6.07, 6.45) is -5.01. The summed E-state index contributed by atoms with van der Waals surface area (Å²) in [7, 11) is 3.64. The number of alkyl halides is 3. The van der Waals surface area contributed by atoms with Gasteiger partial charge in [0.15, 0.2) is 0 Å². The second-order valence-electron chi connectivity index (χ2n) is 5.13. The van der Waals surface area contributed by atoms with Crippen LogP contribution >= 0.6 is 0 Å². The fraction of sp³-hybridized carbons (Fsp3) is 0.571. The molecule has 2 unspecified atom stereocenters. The molecule has 0 saturated carbocycles. The van der Waals surface area contributed by atoms with Crippen molar-refractivity contribution in [2.75, 3.05) is 14.1 Å². The average Bonchev–Trinajstić information content (AvgIpc) is 2.34. The molecular formula is C14H20F3NO2. The summed E-state index contributed by atoms with van der Waals surface area (Å²) < 4.78 is 40.5. The third-order valence-electron chi connectivity index (χ3n) is 3.73. The minimum absolute atomic E-state index is 0.328. The lowest BCUT2D eigenvalue weighted by molar-refractivity contribution is -0.274. The highest BCUT2D eigenvalue weighted by molar-refractivity contribution is 5.31.